The van der Waals surface area contributed by atoms with Crippen molar-refractivity contribution < 1.29 is 58.2 Å². The van der Waals surface area contributed by atoms with Crippen LogP contribution in [0.4, 0.5) is 0 Å². The third-order valence-electron chi connectivity index (χ3n) is 14.3. The number of rotatable bonds is 54. The predicted molar refractivity (Wildman–Crippen MR) is 322 cm³/mol. The topological polar surface area (TPSA) is 175 Å². The summed E-state index contributed by atoms with van der Waals surface area (Å²) in [4.78, 5) is 51.2. The Morgan fingerprint density at radius 3 is 1.28 bits per heavy atom. The molecule has 79 heavy (non-hydrogen) atoms. The van der Waals surface area contributed by atoms with Crippen LogP contribution < -0.4 is 0 Å². The van der Waals surface area contributed by atoms with Crippen molar-refractivity contribution in [1.82, 2.24) is 0 Å². The molecule has 0 spiro atoms. The summed E-state index contributed by atoms with van der Waals surface area (Å²) < 4.78 is 28.4. The van der Waals surface area contributed by atoms with Gasteiger partial charge in [-0.3, -0.25) is 14.4 Å². The van der Waals surface area contributed by atoms with Crippen LogP contribution in [-0.2, 0) is 42.9 Å². The van der Waals surface area contributed by atoms with Gasteiger partial charge in [-0.05, 0) is 83.5 Å². The van der Waals surface area contributed by atoms with Gasteiger partial charge in [0.05, 0.1) is 6.61 Å². The van der Waals surface area contributed by atoms with E-state index in [9.17, 15) is 34.5 Å². The molecule has 0 bridgehead atoms. The van der Waals surface area contributed by atoms with Crippen LogP contribution in [0, 0.1) is 0 Å². The standard InChI is InChI=1S/C67H114O12/c1-4-7-10-13-16-19-22-24-26-28-30-32-34-36-39-41-44-47-50-53-59(68)75-56-58(77-60(69)54-51-48-45-42-38-21-18-15-12-9-6-3)57-76-67-65(63(72)62(71)64(79-67)66(73)74)78-61(70)55-52-49-46-43-40-37-35-33-31-29-27-25-23-20-17-14-11-8-5-2/h8,11,15,17-18,20,25,27,31,33,37,40,58,62-65,67,71-72H,4-7,9-10,12-14,16,19,21-24,26,28-30,32,34-36,38-39,41-57H2,1-3H3,(H,73,74)/b11-8-,18-15-,20-17-,27-25-,33-31-,40-37-. The lowest BCUT2D eigenvalue weighted by Crippen LogP contribution is -2.61. The molecule has 6 unspecified atom stereocenters. The van der Waals surface area contributed by atoms with Crippen LogP contribution in [0.15, 0.2) is 72.9 Å². The normalized spacial score (nSPS) is 18.3. The molecule has 1 fully saturated rings. The highest BCUT2D eigenvalue weighted by Gasteiger charge is 2.50. The zero-order valence-electron chi connectivity index (χ0n) is 50.1. The smallest absolute Gasteiger partial charge is 0.335 e. The van der Waals surface area contributed by atoms with Gasteiger partial charge in [0.25, 0.3) is 0 Å². The summed E-state index contributed by atoms with van der Waals surface area (Å²) >= 11 is 0. The Balaban J connectivity index is 2.64. The number of hydrogen-bond donors (Lipinski definition) is 3. The van der Waals surface area contributed by atoms with Crippen LogP contribution in [0.1, 0.15) is 278 Å². The average molecular weight is 1110 g/mol. The predicted octanol–water partition coefficient (Wildman–Crippen LogP) is 16.9. The Morgan fingerprint density at radius 1 is 0.430 bits per heavy atom. The van der Waals surface area contributed by atoms with Gasteiger partial charge < -0.3 is 39.0 Å². The summed E-state index contributed by atoms with van der Waals surface area (Å²) in [6.45, 7) is 5.85. The van der Waals surface area contributed by atoms with E-state index >= 15 is 0 Å². The first kappa shape index (κ1) is 73.2. The number of unbranched alkanes of at least 4 members (excludes halogenated alkanes) is 28. The lowest BCUT2D eigenvalue weighted by Gasteiger charge is -2.40. The fourth-order valence-corrected chi connectivity index (χ4v) is 9.38. The lowest BCUT2D eigenvalue weighted by atomic mass is 9.98. The number of carbonyl (C=O) groups is 4. The molecular formula is C67H114O12. The number of aliphatic hydroxyl groups excluding tert-OH is 2. The van der Waals surface area contributed by atoms with Crippen LogP contribution in [-0.4, -0.2) is 89.2 Å². The number of aliphatic carboxylic acids is 1. The van der Waals surface area contributed by atoms with Gasteiger partial charge in [0.2, 0.25) is 0 Å². The second-order valence-electron chi connectivity index (χ2n) is 21.7. The minimum absolute atomic E-state index is 0.0197. The lowest BCUT2D eigenvalue weighted by molar-refractivity contribution is -0.301. The molecule has 1 heterocycles. The first-order valence-corrected chi connectivity index (χ1v) is 31.9. The van der Waals surface area contributed by atoms with Crippen LogP contribution in [0.25, 0.3) is 0 Å². The molecule has 0 radical (unpaired) electrons. The summed E-state index contributed by atoms with van der Waals surface area (Å²) in [6.07, 6.45) is 57.3. The van der Waals surface area contributed by atoms with E-state index < -0.39 is 67.3 Å². The summed E-state index contributed by atoms with van der Waals surface area (Å²) in [5.41, 5.74) is 0. The Morgan fingerprint density at radius 2 is 0.810 bits per heavy atom. The van der Waals surface area contributed by atoms with Crippen molar-refractivity contribution in [3.8, 4) is 0 Å². The van der Waals surface area contributed by atoms with E-state index in [-0.39, 0.29) is 25.9 Å². The van der Waals surface area contributed by atoms with Gasteiger partial charge in [-0.15, -0.1) is 0 Å². The molecule has 0 amide bonds. The molecular weight excluding hydrogens is 997 g/mol. The number of ether oxygens (including phenoxy) is 5. The minimum atomic E-state index is -1.92. The molecule has 0 aromatic heterocycles. The number of esters is 3. The van der Waals surface area contributed by atoms with Crippen molar-refractivity contribution in [2.24, 2.45) is 0 Å². The Labute approximate surface area is 480 Å². The number of aliphatic hydroxyl groups is 2. The minimum Gasteiger partial charge on any atom is -0.479 e. The Kier molecular flexibility index (Phi) is 50.7. The molecule has 1 aliphatic heterocycles. The molecule has 0 aliphatic carbocycles. The van der Waals surface area contributed by atoms with E-state index in [4.69, 9.17) is 23.7 Å². The molecule has 12 heteroatoms. The Bertz CT molecular complexity index is 1650. The number of carbonyl (C=O) groups excluding carboxylic acids is 3. The number of carboxylic acids is 1. The van der Waals surface area contributed by atoms with Crippen molar-refractivity contribution in [2.45, 2.75) is 314 Å². The maximum Gasteiger partial charge on any atom is 0.335 e. The first-order valence-electron chi connectivity index (χ1n) is 31.9. The molecule has 0 aromatic carbocycles. The maximum atomic E-state index is 13.1. The SMILES string of the molecule is CC/C=C\C/C=C\C/C=C\C/C=C\C/C=C\CCCCCC(=O)OC1C(OCC(COC(=O)CCCCCCCCCCCCCCCCCCCCC)OC(=O)CCCCCCC/C=C\CCCC)OC(C(=O)O)C(O)C1O. The monoisotopic (exact) mass is 1110 g/mol. The molecule has 454 valence electrons. The molecule has 1 aliphatic rings. The fraction of sp³-hybridized carbons (Fsp3) is 0.761. The molecule has 6 atom stereocenters. The molecule has 12 nitrogen and oxygen atoms in total. The second-order valence-corrected chi connectivity index (χ2v) is 21.7. The van der Waals surface area contributed by atoms with Crippen molar-refractivity contribution in [3.05, 3.63) is 72.9 Å². The molecule has 0 aromatic rings. The van der Waals surface area contributed by atoms with Crippen LogP contribution >= 0.6 is 0 Å². The van der Waals surface area contributed by atoms with Gasteiger partial charge in [-0.25, -0.2) is 4.79 Å². The van der Waals surface area contributed by atoms with Gasteiger partial charge in [-0.1, -0.05) is 248 Å². The van der Waals surface area contributed by atoms with Gasteiger partial charge in [0.15, 0.2) is 24.6 Å². The number of allylic oxidation sites excluding steroid dienone is 12. The van der Waals surface area contributed by atoms with Crippen LogP contribution in [0.5, 0.6) is 0 Å². The fourth-order valence-electron chi connectivity index (χ4n) is 9.38. The van der Waals surface area contributed by atoms with Crippen molar-refractivity contribution >= 4 is 23.9 Å². The van der Waals surface area contributed by atoms with E-state index in [0.29, 0.717) is 19.3 Å². The Hall–Kier alpha value is -3.84. The van der Waals surface area contributed by atoms with E-state index in [2.05, 4.69) is 93.7 Å². The van der Waals surface area contributed by atoms with Crippen molar-refractivity contribution in [1.29, 1.82) is 0 Å². The zero-order valence-corrected chi connectivity index (χ0v) is 50.1. The summed E-state index contributed by atoms with van der Waals surface area (Å²) in [5.74, 6) is -3.16. The van der Waals surface area contributed by atoms with E-state index in [1.165, 1.54) is 109 Å². The molecule has 0 saturated carbocycles. The molecule has 1 rings (SSSR count). The van der Waals surface area contributed by atoms with E-state index in [1.54, 1.807) is 0 Å². The summed E-state index contributed by atoms with van der Waals surface area (Å²) in [7, 11) is 0. The van der Waals surface area contributed by atoms with E-state index in [1.807, 2.05) is 0 Å². The highest BCUT2D eigenvalue weighted by molar-refractivity contribution is 5.74. The zero-order chi connectivity index (χ0) is 57.5. The third-order valence-corrected chi connectivity index (χ3v) is 14.3. The van der Waals surface area contributed by atoms with Gasteiger partial charge in [0.1, 0.15) is 18.8 Å². The van der Waals surface area contributed by atoms with Crippen LogP contribution in [0.2, 0.25) is 0 Å². The maximum absolute atomic E-state index is 13.1. The van der Waals surface area contributed by atoms with Crippen molar-refractivity contribution in [2.75, 3.05) is 13.2 Å². The van der Waals surface area contributed by atoms with E-state index in [0.717, 1.165) is 109 Å². The highest BCUT2D eigenvalue weighted by Crippen LogP contribution is 2.26. The first-order chi connectivity index (χ1) is 38.6. The number of hydrogen-bond acceptors (Lipinski definition) is 11. The number of carboxylic acid groups (broad SMARTS) is 1. The quantitative estimate of drug-likeness (QED) is 0.0228. The average Bonchev–Trinajstić information content (AvgIpc) is 3.43. The van der Waals surface area contributed by atoms with Gasteiger partial charge in [-0.2, -0.15) is 0 Å². The van der Waals surface area contributed by atoms with Gasteiger partial charge >= 0.3 is 23.9 Å². The summed E-state index contributed by atoms with van der Waals surface area (Å²) in [6, 6.07) is 0. The highest BCUT2D eigenvalue weighted by atomic mass is 16.7. The largest absolute Gasteiger partial charge is 0.479 e. The summed E-state index contributed by atoms with van der Waals surface area (Å²) in [5, 5.41) is 31.5. The van der Waals surface area contributed by atoms with Crippen molar-refractivity contribution in [3.63, 3.8) is 0 Å². The van der Waals surface area contributed by atoms with Crippen LogP contribution in [0.3, 0.4) is 0 Å². The third kappa shape index (κ3) is 44.5. The molecule has 3 N–H and O–H groups in total. The second kappa shape index (κ2) is 54.7. The van der Waals surface area contributed by atoms with Gasteiger partial charge in [0, 0.05) is 19.3 Å². The molecule has 1 saturated heterocycles.